The summed E-state index contributed by atoms with van der Waals surface area (Å²) in [6.45, 7) is 4.34. The van der Waals surface area contributed by atoms with Crippen LogP contribution < -0.4 is 9.64 Å². The van der Waals surface area contributed by atoms with E-state index in [9.17, 15) is 10.2 Å². The molecule has 3 N–H and O–H groups in total. The zero-order valence-electron chi connectivity index (χ0n) is 17.5. The van der Waals surface area contributed by atoms with Crippen molar-refractivity contribution in [3.05, 3.63) is 63.5 Å². The van der Waals surface area contributed by atoms with Gasteiger partial charge < -0.3 is 20.1 Å². The maximum atomic E-state index is 11.1. The van der Waals surface area contributed by atoms with Crippen LogP contribution in [0.1, 0.15) is 24.5 Å². The summed E-state index contributed by atoms with van der Waals surface area (Å²) >= 11 is 7.76. The van der Waals surface area contributed by atoms with E-state index in [1.165, 1.54) is 11.8 Å². The average Bonchev–Trinajstić information content (AvgIpc) is 3.06. The molecule has 1 heterocycles. The molecule has 3 rings (SSSR count). The molecular weight excluding hydrogens is 436 g/mol. The molecule has 1 saturated heterocycles. The highest BCUT2D eigenvalue weighted by molar-refractivity contribution is 8.18. The van der Waals surface area contributed by atoms with Crippen molar-refractivity contribution in [2.45, 2.75) is 32.6 Å². The van der Waals surface area contributed by atoms with E-state index in [0.717, 1.165) is 33.3 Å². The second-order valence-electron chi connectivity index (χ2n) is 7.18. The largest absolute Gasteiger partial charge is 0.489 e. The molecule has 0 aliphatic carbocycles. The van der Waals surface area contributed by atoms with Gasteiger partial charge in [0.25, 0.3) is 0 Å². The first-order valence-electron chi connectivity index (χ1n) is 10.1. The number of ether oxygens (including phenoxy) is 1. The normalized spacial score (nSPS) is 19.9. The number of benzene rings is 2. The Morgan fingerprint density at radius 3 is 2.74 bits per heavy atom. The highest BCUT2D eigenvalue weighted by Crippen LogP contribution is 2.40. The third-order valence-corrected chi connectivity index (χ3v) is 6.03. The first kappa shape index (κ1) is 23.6. The van der Waals surface area contributed by atoms with Crippen LogP contribution in [0.3, 0.4) is 0 Å². The zero-order valence-corrected chi connectivity index (χ0v) is 19.1. The van der Waals surface area contributed by atoms with Crippen LogP contribution in [0.25, 0.3) is 6.08 Å². The van der Waals surface area contributed by atoms with E-state index in [1.807, 2.05) is 48.2 Å². The molecule has 1 aliphatic heterocycles. The SMILES string of the molecule is CCC/N=C1\S/C(=C\c2ccc(OCC(O)CO)c(Cl)c2)C(O)N1c1ccccc1C. The molecule has 166 valence electrons. The highest BCUT2D eigenvalue weighted by Gasteiger charge is 2.35. The van der Waals surface area contributed by atoms with Gasteiger partial charge in [-0.1, -0.05) is 54.6 Å². The van der Waals surface area contributed by atoms with Crippen molar-refractivity contribution in [2.24, 2.45) is 4.99 Å². The molecule has 1 fully saturated rings. The first-order valence-corrected chi connectivity index (χ1v) is 11.3. The zero-order chi connectivity index (χ0) is 22.4. The number of aliphatic hydroxyl groups excluding tert-OH is 3. The van der Waals surface area contributed by atoms with E-state index in [4.69, 9.17) is 21.4 Å². The van der Waals surface area contributed by atoms with Crippen molar-refractivity contribution < 1.29 is 20.1 Å². The van der Waals surface area contributed by atoms with Crippen LogP contribution in [0.2, 0.25) is 5.02 Å². The van der Waals surface area contributed by atoms with Crippen molar-refractivity contribution >= 4 is 40.3 Å². The lowest BCUT2D eigenvalue weighted by atomic mass is 10.1. The lowest BCUT2D eigenvalue weighted by molar-refractivity contribution is 0.0536. The molecular formula is C23H27ClN2O4S. The molecule has 0 amide bonds. The molecule has 31 heavy (non-hydrogen) atoms. The molecule has 0 saturated carbocycles. The van der Waals surface area contributed by atoms with Crippen LogP contribution in [0, 0.1) is 6.92 Å². The van der Waals surface area contributed by atoms with Crippen molar-refractivity contribution in [1.29, 1.82) is 0 Å². The minimum absolute atomic E-state index is 0.0478. The lowest BCUT2D eigenvalue weighted by Gasteiger charge is -2.24. The van der Waals surface area contributed by atoms with Crippen LogP contribution in [-0.4, -0.2) is 52.6 Å². The number of halogens is 1. The fourth-order valence-corrected chi connectivity index (χ4v) is 4.37. The van der Waals surface area contributed by atoms with Gasteiger partial charge in [-0.3, -0.25) is 9.89 Å². The Morgan fingerprint density at radius 2 is 2.06 bits per heavy atom. The highest BCUT2D eigenvalue weighted by atomic mass is 35.5. The molecule has 6 nitrogen and oxygen atoms in total. The standard InChI is InChI=1S/C23H27ClN2O4S/c1-3-10-25-23-26(19-7-5-4-6-15(19)2)22(29)21(31-23)12-16-8-9-20(18(24)11-16)30-14-17(28)13-27/h4-9,11-12,17,22,27-29H,3,10,13-14H2,1-2H3/b21-12-,25-23-. The second-order valence-corrected chi connectivity index (χ2v) is 8.63. The molecule has 2 atom stereocenters. The van der Waals surface area contributed by atoms with Crippen molar-refractivity contribution in [3.8, 4) is 5.75 Å². The smallest absolute Gasteiger partial charge is 0.170 e. The predicted molar refractivity (Wildman–Crippen MR) is 128 cm³/mol. The molecule has 0 aromatic heterocycles. The summed E-state index contributed by atoms with van der Waals surface area (Å²) in [6.07, 6.45) is 0.989. The summed E-state index contributed by atoms with van der Waals surface area (Å²) in [5, 5.41) is 30.6. The van der Waals surface area contributed by atoms with Gasteiger partial charge in [0, 0.05) is 17.1 Å². The molecule has 2 unspecified atom stereocenters. The second kappa shape index (κ2) is 11.0. The molecule has 0 spiro atoms. The van der Waals surface area contributed by atoms with E-state index in [1.54, 1.807) is 12.1 Å². The molecule has 2 aromatic rings. The topological polar surface area (TPSA) is 85.5 Å². The third-order valence-electron chi connectivity index (χ3n) is 4.67. The van der Waals surface area contributed by atoms with E-state index < -0.39 is 12.3 Å². The molecule has 0 bridgehead atoms. The van der Waals surface area contributed by atoms with Crippen molar-refractivity contribution in [3.63, 3.8) is 0 Å². The van der Waals surface area contributed by atoms with E-state index in [2.05, 4.69) is 11.9 Å². The molecule has 1 aliphatic rings. The van der Waals surface area contributed by atoms with Crippen molar-refractivity contribution in [2.75, 3.05) is 24.7 Å². The van der Waals surface area contributed by atoms with E-state index >= 15 is 0 Å². The Bertz CT molecular complexity index is 966. The number of thioether (sulfide) groups is 1. The van der Waals surface area contributed by atoms with Crippen LogP contribution >= 0.6 is 23.4 Å². The van der Waals surface area contributed by atoms with Gasteiger partial charge in [0.2, 0.25) is 0 Å². The summed E-state index contributed by atoms with van der Waals surface area (Å²) in [5.41, 5.74) is 2.79. The number of aliphatic hydroxyl groups is 3. The monoisotopic (exact) mass is 462 g/mol. The van der Waals surface area contributed by atoms with Gasteiger partial charge in [-0.05, 0) is 48.7 Å². The number of hydrogen-bond acceptors (Lipinski definition) is 6. The van der Waals surface area contributed by atoms with Gasteiger partial charge >= 0.3 is 0 Å². The Morgan fingerprint density at radius 1 is 1.29 bits per heavy atom. The van der Waals surface area contributed by atoms with Gasteiger partial charge in [0.05, 0.1) is 11.6 Å². The maximum absolute atomic E-state index is 11.1. The number of amidine groups is 1. The van der Waals surface area contributed by atoms with E-state index in [0.29, 0.717) is 17.3 Å². The molecule has 2 aromatic carbocycles. The summed E-state index contributed by atoms with van der Waals surface area (Å²) < 4.78 is 5.44. The first-order chi connectivity index (χ1) is 14.9. The Labute approximate surface area is 191 Å². The lowest BCUT2D eigenvalue weighted by Crippen LogP contribution is -2.33. The molecule has 8 heteroatoms. The van der Waals surface area contributed by atoms with Crippen LogP contribution in [0.15, 0.2) is 52.4 Å². The number of anilines is 1. The predicted octanol–water partition coefficient (Wildman–Crippen LogP) is 4.06. The Hall–Kier alpha value is -2.03. The molecule has 0 radical (unpaired) electrons. The quantitative estimate of drug-likeness (QED) is 0.548. The van der Waals surface area contributed by atoms with Crippen molar-refractivity contribution in [1.82, 2.24) is 0 Å². The summed E-state index contributed by atoms with van der Waals surface area (Å²) in [7, 11) is 0. The van der Waals surface area contributed by atoms with Gasteiger partial charge in [-0.15, -0.1) is 0 Å². The third kappa shape index (κ3) is 5.81. The van der Waals surface area contributed by atoms with Gasteiger partial charge in [0.1, 0.15) is 18.5 Å². The minimum Gasteiger partial charge on any atom is -0.489 e. The van der Waals surface area contributed by atoms with Gasteiger partial charge in [0.15, 0.2) is 11.4 Å². The summed E-state index contributed by atoms with van der Waals surface area (Å²) in [6, 6.07) is 13.2. The minimum atomic E-state index is -0.962. The Kier molecular flexibility index (Phi) is 8.40. The number of aliphatic imine (C=N–C) groups is 1. The maximum Gasteiger partial charge on any atom is 0.170 e. The number of nitrogens with zero attached hydrogens (tertiary/aromatic N) is 2. The summed E-state index contributed by atoms with van der Waals surface area (Å²) in [4.78, 5) is 7.28. The Balaban J connectivity index is 1.87. The summed E-state index contributed by atoms with van der Waals surface area (Å²) in [5.74, 6) is 0.419. The van der Waals surface area contributed by atoms with E-state index in [-0.39, 0.29) is 13.2 Å². The van der Waals surface area contributed by atoms with Gasteiger partial charge in [-0.25, -0.2) is 0 Å². The number of rotatable bonds is 8. The van der Waals surface area contributed by atoms with Crippen LogP contribution in [0.5, 0.6) is 5.75 Å². The average molecular weight is 463 g/mol. The van der Waals surface area contributed by atoms with Crippen LogP contribution in [-0.2, 0) is 0 Å². The fraction of sp³-hybridized carbons (Fsp3) is 0.348. The van der Waals surface area contributed by atoms with Crippen LogP contribution in [0.4, 0.5) is 5.69 Å². The number of aryl methyl sites for hydroxylation is 1. The number of hydrogen-bond donors (Lipinski definition) is 3. The number of para-hydroxylation sites is 1. The van der Waals surface area contributed by atoms with Gasteiger partial charge in [-0.2, -0.15) is 0 Å². The fourth-order valence-electron chi connectivity index (χ4n) is 3.05.